The molecule has 2 N–H and O–H groups in total. The molecule has 0 aliphatic carbocycles. The third kappa shape index (κ3) is 3.95. The van der Waals surface area contributed by atoms with Crippen molar-refractivity contribution in [3.8, 4) is 21.7 Å². The van der Waals surface area contributed by atoms with Gasteiger partial charge < -0.3 is 9.64 Å². The number of rotatable bonds is 4. The monoisotopic (exact) mass is 489 g/mol. The number of halogens is 1. The highest BCUT2D eigenvalue weighted by Crippen LogP contribution is 2.39. The van der Waals surface area contributed by atoms with Crippen molar-refractivity contribution < 1.29 is 17.9 Å². The highest BCUT2D eigenvalue weighted by Gasteiger charge is 2.41. The molecule has 0 spiro atoms. The molecule has 2 atom stereocenters. The number of fused-ring (bicyclic) bond motifs is 2. The van der Waals surface area contributed by atoms with E-state index in [4.69, 9.17) is 26.5 Å². The topological polar surface area (TPSA) is 103 Å². The minimum absolute atomic E-state index is 0.0278. The van der Waals surface area contributed by atoms with Crippen molar-refractivity contribution in [3.05, 3.63) is 58.6 Å². The lowest BCUT2D eigenvalue weighted by atomic mass is 10.1. The van der Waals surface area contributed by atoms with Crippen LogP contribution in [0.4, 0.5) is 0 Å². The van der Waals surface area contributed by atoms with Gasteiger partial charge in [0.05, 0.1) is 40.8 Å². The van der Waals surface area contributed by atoms with Gasteiger partial charge in [0.1, 0.15) is 0 Å². The molecule has 10 heteroatoms. The molecule has 2 saturated heterocycles. The Bertz CT molecular complexity index is 1260. The fourth-order valence-electron chi connectivity index (χ4n) is 4.28. The molecule has 7 nitrogen and oxygen atoms in total. The zero-order valence-electron chi connectivity index (χ0n) is 16.9. The van der Waals surface area contributed by atoms with Crippen LogP contribution in [0.2, 0.25) is 5.02 Å². The summed E-state index contributed by atoms with van der Waals surface area (Å²) in [7, 11) is -3.80. The van der Waals surface area contributed by atoms with Crippen LogP contribution in [0.5, 0.6) is 0 Å². The molecule has 1 aromatic heterocycles. The van der Waals surface area contributed by atoms with Crippen molar-refractivity contribution >= 4 is 38.9 Å². The third-order valence-corrected chi connectivity index (χ3v) is 8.12. The second-order valence-electron chi connectivity index (χ2n) is 7.91. The van der Waals surface area contributed by atoms with Crippen molar-refractivity contribution in [2.75, 3.05) is 13.2 Å². The average molecular weight is 490 g/mol. The van der Waals surface area contributed by atoms with Gasteiger partial charge in [0, 0.05) is 10.6 Å². The van der Waals surface area contributed by atoms with Crippen molar-refractivity contribution in [1.82, 2.24) is 9.88 Å². The Hall–Kier alpha value is -2.30. The van der Waals surface area contributed by atoms with Gasteiger partial charge in [-0.3, -0.25) is 4.79 Å². The zero-order valence-corrected chi connectivity index (χ0v) is 19.3. The van der Waals surface area contributed by atoms with Crippen LogP contribution >= 0.6 is 22.9 Å². The molecule has 3 aromatic rings. The van der Waals surface area contributed by atoms with E-state index in [-0.39, 0.29) is 22.9 Å². The van der Waals surface area contributed by atoms with Crippen molar-refractivity contribution in [1.29, 1.82) is 0 Å². The average Bonchev–Trinajstić information content (AvgIpc) is 3.32. The molecule has 166 valence electrons. The molecule has 1 amide bonds. The lowest BCUT2D eigenvalue weighted by molar-refractivity contribution is -0.00716. The highest BCUT2D eigenvalue weighted by molar-refractivity contribution is 7.89. The van der Waals surface area contributed by atoms with E-state index < -0.39 is 10.0 Å². The van der Waals surface area contributed by atoms with Crippen molar-refractivity contribution in [3.63, 3.8) is 0 Å². The first kappa shape index (κ1) is 21.5. The molecular weight excluding hydrogens is 470 g/mol. The van der Waals surface area contributed by atoms with Gasteiger partial charge in [0.15, 0.2) is 5.01 Å². The smallest absolute Gasteiger partial charge is 0.283 e. The van der Waals surface area contributed by atoms with Crippen LogP contribution in [0.25, 0.3) is 21.7 Å². The molecule has 32 heavy (non-hydrogen) atoms. The van der Waals surface area contributed by atoms with E-state index in [0.717, 1.165) is 28.8 Å². The van der Waals surface area contributed by atoms with Crippen molar-refractivity contribution in [2.24, 2.45) is 5.14 Å². The van der Waals surface area contributed by atoms with Gasteiger partial charge >= 0.3 is 0 Å². The van der Waals surface area contributed by atoms with Crippen LogP contribution in [-0.2, 0) is 14.8 Å². The molecule has 2 aromatic carbocycles. The van der Waals surface area contributed by atoms with E-state index in [1.54, 1.807) is 24.3 Å². The molecule has 2 aliphatic rings. The maximum Gasteiger partial charge on any atom is 0.283 e. The minimum Gasteiger partial charge on any atom is -0.377 e. The number of nitrogens with zero attached hydrogens (tertiary/aromatic N) is 2. The second kappa shape index (κ2) is 8.24. The van der Waals surface area contributed by atoms with Gasteiger partial charge in [-0.05, 0) is 42.7 Å². The summed E-state index contributed by atoms with van der Waals surface area (Å²) in [4.78, 5) is 20.9. The van der Waals surface area contributed by atoms with Gasteiger partial charge in [-0.15, -0.1) is 11.3 Å². The van der Waals surface area contributed by atoms with Crippen LogP contribution in [0.3, 0.4) is 0 Å². The van der Waals surface area contributed by atoms with Gasteiger partial charge in [0.25, 0.3) is 5.91 Å². The summed E-state index contributed by atoms with van der Waals surface area (Å²) in [6.07, 6.45) is 1.88. The Balaban J connectivity index is 1.58. The van der Waals surface area contributed by atoms with Crippen LogP contribution in [0.1, 0.15) is 22.6 Å². The Morgan fingerprint density at radius 1 is 1.03 bits per heavy atom. The Labute approximate surface area is 194 Å². The van der Waals surface area contributed by atoms with E-state index in [0.29, 0.717) is 28.9 Å². The van der Waals surface area contributed by atoms with E-state index in [1.807, 2.05) is 17.0 Å². The highest BCUT2D eigenvalue weighted by atomic mass is 35.5. The predicted octanol–water partition coefficient (Wildman–Crippen LogP) is 3.78. The largest absolute Gasteiger partial charge is 0.377 e. The Kier molecular flexibility index (Phi) is 5.55. The number of thiazole rings is 1. The first-order valence-electron chi connectivity index (χ1n) is 10.1. The molecule has 3 heterocycles. The van der Waals surface area contributed by atoms with Crippen molar-refractivity contribution in [2.45, 2.75) is 29.8 Å². The summed E-state index contributed by atoms with van der Waals surface area (Å²) in [6, 6.07) is 13.7. The Morgan fingerprint density at radius 3 is 2.22 bits per heavy atom. The molecule has 2 aliphatic heterocycles. The lowest BCUT2D eigenvalue weighted by Gasteiger charge is -2.33. The van der Waals surface area contributed by atoms with Crippen LogP contribution in [0.15, 0.2) is 53.4 Å². The number of benzene rings is 2. The second-order valence-corrected chi connectivity index (χ2v) is 10.9. The number of primary sulfonamides is 1. The molecular formula is C22H20ClN3O4S2. The zero-order chi connectivity index (χ0) is 22.5. The maximum absolute atomic E-state index is 13.4. The summed E-state index contributed by atoms with van der Waals surface area (Å²) in [5.74, 6) is -0.0894. The number of carbonyl (C=O) groups excluding carboxylic acids is 1. The lowest BCUT2D eigenvalue weighted by Crippen LogP contribution is -2.49. The molecule has 0 saturated carbocycles. The van der Waals surface area contributed by atoms with Gasteiger partial charge in [-0.1, -0.05) is 35.9 Å². The SMILES string of the molecule is NS(=O)(=O)c1ccc(-c2sc(C(=O)N3C4CCC3COC4)nc2-c2ccc(Cl)cc2)cc1. The quantitative estimate of drug-likeness (QED) is 0.600. The maximum atomic E-state index is 13.4. The van der Waals surface area contributed by atoms with E-state index in [2.05, 4.69) is 0 Å². The molecule has 5 rings (SSSR count). The number of sulfonamides is 1. The number of morpholine rings is 1. The number of hydrogen-bond acceptors (Lipinski definition) is 6. The summed E-state index contributed by atoms with van der Waals surface area (Å²) in [5, 5.41) is 6.23. The summed E-state index contributed by atoms with van der Waals surface area (Å²) < 4.78 is 28.9. The number of amides is 1. The van der Waals surface area contributed by atoms with Crippen LogP contribution < -0.4 is 5.14 Å². The fourth-order valence-corrected chi connectivity index (χ4v) is 5.96. The van der Waals surface area contributed by atoms with Crippen LogP contribution in [-0.4, -0.2) is 49.5 Å². The number of hydrogen-bond donors (Lipinski definition) is 1. The number of carbonyl (C=O) groups is 1. The van der Waals surface area contributed by atoms with Gasteiger partial charge in [-0.2, -0.15) is 0 Å². The van der Waals surface area contributed by atoms with E-state index in [1.165, 1.54) is 23.5 Å². The number of nitrogens with two attached hydrogens (primary N) is 1. The fraction of sp³-hybridized carbons (Fsp3) is 0.273. The molecule has 0 radical (unpaired) electrons. The van der Waals surface area contributed by atoms with E-state index >= 15 is 0 Å². The standard InChI is InChI=1S/C22H20ClN3O4S2/c23-15-5-1-13(2-6-15)19-20(14-3-9-18(10-4-14)32(24,28)29)31-21(25-19)22(27)26-16-7-8-17(26)12-30-11-16/h1-6,9-10,16-17H,7-8,11-12H2,(H2,24,28,29). The minimum atomic E-state index is -3.80. The molecule has 2 bridgehead atoms. The summed E-state index contributed by atoms with van der Waals surface area (Å²) >= 11 is 7.35. The molecule has 2 unspecified atom stereocenters. The predicted molar refractivity (Wildman–Crippen MR) is 123 cm³/mol. The normalized spacial score (nSPS) is 20.5. The number of ether oxygens (including phenoxy) is 1. The molecule has 2 fully saturated rings. The third-order valence-electron chi connectivity index (χ3n) is 5.85. The van der Waals surface area contributed by atoms with E-state index in [9.17, 15) is 13.2 Å². The Morgan fingerprint density at radius 2 is 1.62 bits per heavy atom. The number of aromatic nitrogens is 1. The summed E-state index contributed by atoms with van der Waals surface area (Å²) in [6.45, 7) is 1.11. The summed E-state index contributed by atoms with van der Waals surface area (Å²) in [5.41, 5.74) is 2.23. The van der Waals surface area contributed by atoms with Crippen LogP contribution in [0, 0.1) is 0 Å². The first-order chi connectivity index (χ1) is 15.3. The van der Waals surface area contributed by atoms with Gasteiger partial charge in [-0.25, -0.2) is 18.5 Å². The first-order valence-corrected chi connectivity index (χ1v) is 12.9. The van der Waals surface area contributed by atoms with Gasteiger partial charge in [0.2, 0.25) is 10.0 Å².